The van der Waals surface area contributed by atoms with E-state index in [4.69, 9.17) is 16.3 Å². The lowest BCUT2D eigenvalue weighted by molar-refractivity contribution is -0.136. The Balaban J connectivity index is 1.42. The highest BCUT2D eigenvalue weighted by Gasteiger charge is 2.46. The van der Waals surface area contributed by atoms with Crippen LogP contribution in [0.1, 0.15) is 58.9 Å². The van der Waals surface area contributed by atoms with Gasteiger partial charge in [0.25, 0.3) is 0 Å². The molecule has 10 heteroatoms. The fourth-order valence-corrected chi connectivity index (χ4v) is 5.89. The van der Waals surface area contributed by atoms with Crippen LogP contribution >= 0.6 is 11.6 Å². The monoisotopic (exact) mass is 552 g/mol. The maximum atomic E-state index is 14.4. The van der Waals surface area contributed by atoms with E-state index in [1.807, 2.05) is 59.0 Å². The first-order chi connectivity index (χ1) is 18.5. The number of ether oxygens (including phenoxy) is 1. The van der Waals surface area contributed by atoms with Gasteiger partial charge >= 0.3 is 6.09 Å². The van der Waals surface area contributed by atoms with Crippen molar-refractivity contribution in [3.8, 4) is 0 Å². The molecule has 2 amide bonds. The zero-order valence-corrected chi connectivity index (χ0v) is 24.0. The topological polar surface area (TPSA) is 94.7 Å². The number of aromatic nitrogens is 3. The lowest BCUT2D eigenvalue weighted by Crippen LogP contribution is -2.58. The number of H-pyrrole nitrogens is 1. The minimum absolute atomic E-state index is 0.0353. The average molecular weight is 553 g/mol. The molecule has 2 aliphatic heterocycles. The number of rotatable bonds is 6. The maximum Gasteiger partial charge on any atom is 0.410 e. The largest absolute Gasteiger partial charge is 0.444 e. The van der Waals surface area contributed by atoms with E-state index < -0.39 is 17.6 Å². The number of anilines is 1. The normalized spacial score (nSPS) is 20.0. The van der Waals surface area contributed by atoms with Gasteiger partial charge in [-0.25, -0.2) is 14.8 Å². The van der Waals surface area contributed by atoms with E-state index >= 15 is 0 Å². The van der Waals surface area contributed by atoms with Crippen molar-refractivity contribution < 1.29 is 14.3 Å². The van der Waals surface area contributed by atoms with Gasteiger partial charge < -0.3 is 24.4 Å². The third-order valence-corrected chi connectivity index (χ3v) is 7.82. The maximum absolute atomic E-state index is 14.4. The van der Waals surface area contributed by atoms with Crippen molar-refractivity contribution in [1.82, 2.24) is 24.8 Å². The third-order valence-electron chi connectivity index (χ3n) is 7.57. The number of nitrogens with one attached hydrogen (secondary N) is 1. The molecule has 0 spiro atoms. The van der Waals surface area contributed by atoms with Gasteiger partial charge in [0.2, 0.25) is 5.91 Å². The van der Waals surface area contributed by atoms with Gasteiger partial charge in [-0.3, -0.25) is 4.79 Å². The second-order valence-electron chi connectivity index (χ2n) is 11.8. The molecule has 0 radical (unpaired) electrons. The molecule has 0 saturated carbocycles. The van der Waals surface area contributed by atoms with Gasteiger partial charge in [0.05, 0.1) is 11.3 Å². The molecule has 1 aromatic carbocycles. The molecule has 2 aliphatic rings. The molecule has 39 heavy (non-hydrogen) atoms. The Morgan fingerprint density at radius 2 is 1.77 bits per heavy atom. The molecule has 0 aliphatic carbocycles. The summed E-state index contributed by atoms with van der Waals surface area (Å²) in [6.45, 7) is 11.1. The van der Waals surface area contributed by atoms with Crippen molar-refractivity contribution >= 4 is 40.5 Å². The molecule has 2 saturated heterocycles. The second kappa shape index (κ2) is 10.7. The first-order valence-electron chi connectivity index (χ1n) is 13.6. The number of nitrogens with zero attached hydrogens (tertiary/aromatic N) is 5. The minimum Gasteiger partial charge on any atom is -0.444 e. The number of hydrogen-bond acceptors (Lipinski definition) is 6. The second-order valence-corrected chi connectivity index (χ2v) is 12.2. The summed E-state index contributed by atoms with van der Waals surface area (Å²) in [5.41, 5.74) is 1.01. The fourth-order valence-electron chi connectivity index (χ4n) is 5.76. The molecule has 2 aromatic heterocycles. The SMILES string of the molecule is CC(C)N(C[C@@H](C(=O)N1C2CCC1CN(c1ncnc3[nH]ccc13)C2)c1ccc(Cl)cc1)C(=O)OC(C)(C)C. The van der Waals surface area contributed by atoms with Gasteiger partial charge in [-0.2, -0.15) is 0 Å². The predicted molar refractivity (Wildman–Crippen MR) is 152 cm³/mol. The van der Waals surface area contributed by atoms with Crippen molar-refractivity contribution in [3.05, 3.63) is 53.4 Å². The summed E-state index contributed by atoms with van der Waals surface area (Å²) >= 11 is 6.19. The highest BCUT2D eigenvalue weighted by Crippen LogP contribution is 2.37. The number of carbonyl (C=O) groups is 2. The summed E-state index contributed by atoms with van der Waals surface area (Å²) in [5.74, 6) is 0.394. The van der Waals surface area contributed by atoms with Crippen LogP contribution in [0.3, 0.4) is 0 Å². The lowest BCUT2D eigenvalue weighted by atomic mass is 9.95. The summed E-state index contributed by atoms with van der Waals surface area (Å²) in [4.78, 5) is 45.6. The van der Waals surface area contributed by atoms with Crippen molar-refractivity contribution in [2.75, 3.05) is 24.5 Å². The van der Waals surface area contributed by atoms with Crippen LogP contribution in [0.15, 0.2) is 42.9 Å². The lowest BCUT2D eigenvalue weighted by Gasteiger charge is -2.43. The van der Waals surface area contributed by atoms with Crippen LogP contribution in [0, 0.1) is 0 Å². The number of fused-ring (bicyclic) bond motifs is 3. The van der Waals surface area contributed by atoms with E-state index in [2.05, 4.69) is 24.8 Å². The van der Waals surface area contributed by atoms with Gasteiger partial charge in [0.15, 0.2) is 0 Å². The van der Waals surface area contributed by atoms with Crippen molar-refractivity contribution in [3.63, 3.8) is 0 Å². The van der Waals surface area contributed by atoms with Crippen LogP contribution in [-0.4, -0.2) is 80.1 Å². The highest BCUT2D eigenvalue weighted by molar-refractivity contribution is 6.30. The Labute approximate surface area is 234 Å². The van der Waals surface area contributed by atoms with Gasteiger partial charge in [-0.05, 0) is 71.2 Å². The highest BCUT2D eigenvalue weighted by atomic mass is 35.5. The smallest absolute Gasteiger partial charge is 0.410 e. The molecular formula is C29H37ClN6O3. The zero-order valence-electron chi connectivity index (χ0n) is 23.2. The number of piperazine rings is 1. The van der Waals surface area contributed by atoms with Gasteiger partial charge in [0.1, 0.15) is 23.4 Å². The third kappa shape index (κ3) is 5.69. The van der Waals surface area contributed by atoms with E-state index in [0.717, 1.165) is 35.3 Å². The number of carbonyl (C=O) groups excluding carboxylic acids is 2. The van der Waals surface area contributed by atoms with Crippen LogP contribution in [-0.2, 0) is 9.53 Å². The Morgan fingerprint density at radius 3 is 2.38 bits per heavy atom. The summed E-state index contributed by atoms with van der Waals surface area (Å²) in [7, 11) is 0. The molecule has 2 unspecified atom stereocenters. The number of aromatic amines is 1. The number of benzene rings is 1. The molecule has 4 heterocycles. The van der Waals surface area contributed by atoms with Crippen molar-refractivity contribution in [2.24, 2.45) is 0 Å². The summed E-state index contributed by atoms with van der Waals surface area (Å²) in [6.07, 6.45) is 4.90. The fraction of sp³-hybridized carbons (Fsp3) is 0.517. The molecule has 2 fully saturated rings. The van der Waals surface area contributed by atoms with Crippen molar-refractivity contribution in [2.45, 2.75) is 77.1 Å². The zero-order chi connectivity index (χ0) is 27.9. The van der Waals surface area contributed by atoms with Gasteiger partial charge in [0, 0.05) is 49.0 Å². The minimum atomic E-state index is -0.634. The first-order valence-corrected chi connectivity index (χ1v) is 14.0. The van der Waals surface area contributed by atoms with E-state index in [1.54, 1.807) is 23.4 Å². The molecule has 9 nitrogen and oxygen atoms in total. The Morgan fingerprint density at radius 1 is 1.10 bits per heavy atom. The van der Waals surface area contributed by atoms with E-state index in [0.29, 0.717) is 18.1 Å². The Kier molecular flexibility index (Phi) is 7.46. The summed E-state index contributed by atoms with van der Waals surface area (Å²) < 4.78 is 5.71. The average Bonchev–Trinajstić information content (AvgIpc) is 3.45. The first kappa shape index (κ1) is 27.2. The Bertz CT molecular complexity index is 1320. The van der Waals surface area contributed by atoms with Crippen LogP contribution in [0.2, 0.25) is 5.02 Å². The van der Waals surface area contributed by atoms with Crippen LogP contribution in [0.25, 0.3) is 11.0 Å². The molecule has 3 aromatic rings. The predicted octanol–water partition coefficient (Wildman–Crippen LogP) is 5.22. The summed E-state index contributed by atoms with van der Waals surface area (Å²) in [5, 5.41) is 1.59. The number of hydrogen-bond donors (Lipinski definition) is 1. The molecular weight excluding hydrogens is 516 g/mol. The molecule has 3 atom stereocenters. The number of halogens is 1. The molecule has 1 N–H and O–H groups in total. The summed E-state index contributed by atoms with van der Waals surface area (Å²) in [6, 6.07) is 9.35. The van der Waals surface area contributed by atoms with Crippen LogP contribution in [0.5, 0.6) is 0 Å². The van der Waals surface area contributed by atoms with Crippen LogP contribution < -0.4 is 4.90 Å². The number of amides is 2. The van der Waals surface area contributed by atoms with Gasteiger partial charge in [-0.15, -0.1) is 0 Å². The molecule has 208 valence electrons. The Hall–Kier alpha value is -3.33. The van der Waals surface area contributed by atoms with Gasteiger partial charge in [-0.1, -0.05) is 23.7 Å². The van der Waals surface area contributed by atoms with E-state index in [-0.39, 0.29) is 30.6 Å². The standard InChI is InChI=1S/C29H37ClN6O3/c1-18(2)35(28(38)39-29(3,4)5)16-24(19-6-8-20(30)9-7-19)27(37)36-21-10-11-22(36)15-34(14-21)26-23-12-13-31-25(23)32-17-33-26/h6-9,12-13,17-18,21-22,24H,10-11,14-16H2,1-5H3,(H,31,32,33)/t21?,22?,24-/m1/s1. The quantitative estimate of drug-likeness (QED) is 0.450. The van der Waals surface area contributed by atoms with Crippen molar-refractivity contribution in [1.29, 1.82) is 0 Å². The van der Waals surface area contributed by atoms with Crippen LogP contribution in [0.4, 0.5) is 10.6 Å². The molecule has 2 bridgehead atoms. The molecule has 5 rings (SSSR count). The van der Waals surface area contributed by atoms with E-state index in [1.165, 1.54) is 0 Å². The van der Waals surface area contributed by atoms with E-state index in [9.17, 15) is 9.59 Å².